The van der Waals surface area contributed by atoms with Crippen molar-refractivity contribution < 1.29 is 0 Å². The summed E-state index contributed by atoms with van der Waals surface area (Å²) in [6.07, 6.45) is 0. The van der Waals surface area contributed by atoms with Gasteiger partial charge in [-0.3, -0.25) is 0 Å². The van der Waals surface area contributed by atoms with Crippen LogP contribution in [0.25, 0.3) is 66.1 Å². The molecule has 0 atom stereocenters. The second-order valence-electron chi connectivity index (χ2n) is 18.2. The number of hydrogen-bond acceptors (Lipinski definition) is 2. The minimum absolute atomic E-state index is 0.287. The summed E-state index contributed by atoms with van der Waals surface area (Å²) in [7, 11) is 0. The molecule has 0 spiro atoms. The Morgan fingerprint density at radius 1 is 0.269 bits per heavy atom. The van der Waals surface area contributed by atoms with E-state index in [9.17, 15) is 0 Å². The van der Waals surface area contributed by atoms with Gasteiger partial charge in [0.15, 0.2) is 0 Å². The Morgan fingerprint density at radius 3 is 1.07 bits per heavy atom. The zero-order valence-corrected chi connectivity index (χ0v) is 37.6. The molecule has 1 aliphatic carbocycles. The molecule has 2 heteroatoms. The highest BCUT2D eigenvalue weighted by atomic mass is 15.1. The molecule has 2 nitrogen and oxygen atoms in total. The summed E-state index contributed by atoms with van der Waals surface area (Å²) < 4.78 is 0. The van der Waals surface area contributed by atoms with Gasteiger partial charge in [0.25, 0.3) is 0 Å². The lowest BCUT2D eigenvalue weighted by atomic mass is 9.82. The number of hydrogen-bond donors (Lipinski definition) is 0. The van der Waals surface area contributed by atoms with E-state index in [0.717, 1.165) is 34.1 Å². The molecule has 0 amide bonds. The van der Waals surface area contributed by atoms with E-state index in [0.29, 0.717) is 0 Å². The SMILES string of the molecule is CC1(C)c2cc(N(c3ccc(-c4ccccc4)cc3)c3ccc(-c4ccccc4)cc3)ccc2-c2ccc(N(c3ccc(-c4ccccc4)cc3)c3cc4ccccc4c4ccccc34)cc21. The molecule has 0 saturated heterocycles. The van der Waals surface area contributed by atoms with Crippen molar-refractivity contribution in [2.75, 3.05) is 9.80 Å². The Balaban J connectivity index is 0.972. The van der Waals surface area contributed by atoms with Crippen LogP contribution in [0.3, 0.4) is 0 Å². The van der Waals surface area contributed by atoms with Crippen LogP contribution >= 0.6 is 0 Å². The minimum atomic E-state index is -0.287. The van der Waals surface area contributed by atoms with Crippen molar-refractivity contribution in [3.8, 4) is 44.5 Å². The second kappa shape index (κ2) is 16.5. The summed E-state index contributed by atoms with van der Waals surface area (Å²) >= 11 is 0. The van der Waals surface area contributed by atoms with Gasteiger partial charge >= 0.3 is 0 Å². The van der Waals surface area contributed by atoms with Crippen molar-refractivity contribution in [1.29, 1.82) is 0 Å². The van der Waals surface area contributed by atoms with Crippen molar-refractivity contribution in [1.82, 2.24) is 0 Å². The maximum Gasteiger partial charge on any atom is 0.0546 e. The van der Waals surface area contributed by atoms with Crippen LogP contribution in [-0.4, -0.2) is 0 Å². The average Bonchev–Trinajstić information content (AvgIpc) is 3.62. The number of rotatable bonds is 9. The highest BCUT2D eigenvalue weighted by Crippen LogP contribution is 2.53. The third-order valence-electron chi connectivity index (χ3n) is 13.8. The summed E-state index contributed by atoms with van der Waals surface area (Å²) in [5, 5.41) is 4.94. The maximum absolute atomic E-state index is 2.47. The van der Waals surface area contributed by atoms with Crippen LogP contribution in [0.2, 0.25) is 0 Å². The fourth-order valence-corrected chi connectivity index (χ4v) is 10.4. The van der Waals surface area contributed by atoms with Crippen LogP contribution in [0.15, 0.2) is 255 Å². The van der Waals surface area contributed by atoms with E-state index < -0.39 is 0 Å². The predicted molar refractivity (Wildman–Crippen MR) is 285 cm³/mol. The molecule has 67 heavy (non-hydrogen) atoms. The molecule has 0 unspecified atom stereocenters. The first-order valence-corrected chi connectivity index (χ1v) is 23.2. The Kier molecular flexibility index (Phi) is 9.88. The molecule has 12 rings (SSSR count). The average molecular weight is 857 g/mol. The van der Waals surface area contributed by atoms with E-state index in [-0.39, 0.29) is 5.41 Å². The highest BCUT2D eigenvalue weighted by molar-refractivity contribution is 6.14. The molecule has 11 aromatic rings. The van der Waals surface area contributed by atoms with E-state index in [2.05, 4.69) is 278 Å². The summed E-state index contributed by atoms with van der Waals surface area (Å²) in [6.45, 7) is 4.78. The molecule has 0 bridgehead atoms. The summed E-state index contributed by atoms with van der Waals surface area (Å²) in [6, 6.07) is 93.1. The molecule has 0 heterocycles. The lowest BCUT2D eigenvalue weighted by Gasteiger charge is -2.30. The van der Waals surface area contributed by atoms with Gasteiger partial charge in [-0.2, -0.15) is 0 Å². The predicted octanol–water partition coefficient (Wildman–Crippen LogP) is 18.2. The Morgan fingerprint density at radius 2 is 0.612 bits per heavy atom. The standard InChI is InChI=1S/C65H48N2/c1-65(2)62-43-55(66(52-32-26-48(27-33-52)45-16-6-3-7-17-45)53-34-28-49(29-35-53)46-18-8-4-9-19-46)38-40-59(62)60-41-39-56(44-63(60)65)67(54-36-30-50(31-37-54)47-20-10-5-11-21-47)64-42-51-22-12-13-23-57(51)58-24-14-15-25-61(58)64/h3-44H,1-2H3. The van der Waals surface area contributed by atoms with E-state index in [1.165, 1.54) is 77.2 Å². The molecule has 0 aromatic heterocycles. The number of anilines is 6. The number of benzene rings is 11. The first-order chi connectivity index (χ1) is 33.0. The van der Waals surface area contributed by atoms with Crippen molar-refractivity contribution >= 4 is 55.7 Å². The zero-order chi connectivity index (χ0) is 44.9. The minimum Gasteiger partial charge on any atom is -0.310 e. The summed E-state index contributed by atoms with van der Waals surface area (Å²) in [4.78, 5) is 4.87. The molecule has 0 aliphatic heterocycles. The first-order valence-electron chi connectivity index (χ1n) is 23.2. The van der Waals surface area contributed by atoms with Crippen molar-refractivity contribution in [3.63, 3.8) is 0 Å². The lowest BCUT2D eigenvalue weighted by molar-refractivity contribution is 0.660. The van der Waals surface area contributed by atoms with Crippen LogP contribution in [-0.2, 0) is 5.41 Å². The van der Waals surface area contributed by atoms with Crippen LogP contribution in [0.1, 0.15) is 25.0 Å². The highest BCUT2D eigenvalue weighted by Gasteiger charge is 2.37. The van der Waals surface area contributed by atoms with Crippen LogP contribution < -0.4 is 9.80 Å². The molecule has 0 saturated carbocycles. The van der Waals surface area contributed by atoms with E-state index in [1.807, 2.05) is 0 Å². The van der Waals surface area contributed by atoms with Gasteiger partial charge in [-0.15, -0.1) is 0 Å². The van der Waals surface area contributed by atoms with Crippen LogP contribution in [0.4, 0.5) is 34.1 Å². The zero-order valence-electron chi connectivity index (χ0n) is 37.6. The van der Waals surface area contributed by atoms with E-state index >= 15 is 0 Å². The van der Waals surface area contributed by atoms with Gasteiger partial charge in [0, 0.05) is 39.2 Å². The fraction of sp³-hybridized carbons (Fsp3) is 0.0462. The smallest absolute Gasteiger partial charge is 0.0546 e. The van der Waals surface area contributed by atoms with Gasteiger partial charge in [0.05, 0.1) is 5.69 Å². The molecule has 0 fully saturated rings. The summed E-state index contributed by atoms with van der Waals surface area (Å²) in [5.74, 6) is 0. The normalized spacial score (nSPS) is 12.4. The molecule has 1 aliphatic rings. The molecule has 318 valence electrons. The maximum atomic E-state index is 2.47. The first kappa shape index (κ1) is 40.1. The quantitative estimate of drug-likeness (QED) is 0.133. The summed E-state index contributed by atoms with van der Waals surface area (Å²) in [5.41, 5.74) is 18.9. The van der Waals surface area contributed by atoms with Gasteiger partial charge in [-0.05, 0) is 139 Å². The fourth-order valence-electron chi connectivity index (χ4n) is 10.4. The van der Waals surface area contributed by atoms with Gasteiger partial charge in [-0.25, -0.2) is 0 Å². The Hall–Kier alpha value is -8.46. The molecule has 11 aromatic carbocycles. The molecule has 0 radical (unpaired) electrons. The van der Waals surface area contributed by atoms with Crippen molar-refractivity contribution in [2.24, 2.45) is 0 Å². The van der Waals surface area contributed by atoms with Crippen molar-refractivity contribution in [2.45, 2.75) is 19.3 Å². The van der Waals surface area contributed by atoms with Crippen LogP contribution in [0, 0.1) is 0 Å². The van der Waals surface area contributed by atoms with Crippen LogP contribution in [0.5, 0.6) is 0 Å². The number of nitrogens with zero attached hydrogens (tertiary/aromatic N) is 2. The van der Waals surface area contributed by atoms with Gasteiger partial charge in [-0.1, -0.05) is 202 Å². The van der Waals surface area contributed by atoms with Gasteiger partial charge < -0.3 is 9.80 Å². The molecule has 0 N–H and O–H groups in total. The largest absolute Gasteiger partial charge is 0.310 e. The topological polar surface area (TPSA) is 6.48 Å². The van der Waals surface area contributed by atoms with E-state index in [4.69, 9.17) is 0 Å². The van der Waals surface area contributed by atoms with Crippen molar-refractivity contribution in [3.05, 3.63) is 266 Å². The second-order valence-corrected chi connectivity index (χ2v) is 18.2. The molecular weight excluding hydrogens is 809 g/mol. The number of fused-ring (bicyclic) bond motifs is 6. The Bertz CT molecular complexity index is 3480. The van der Waals surface area contributed by atoms with E-state index in [1.54, 1.807) is 0 Å². The lowest BCUT2D eigenvalue weighted by Crippen LogP contribution is -2.17. The third-order valence-corrected chi connectivity index (χ3v) is 13.8. The Labute approximate surface area is 393 Å². The van der Waals surface area contributed by atoms with Gasteiger partial charge in [0.1, 0.15) is 0 Å². The molecular formula is C65H48N2. The third kappa shape index (κ3) is 7.15. The monoisotopic (exact) mass is 856 g/mol. The van der Waals surface area contributed by atoms with Gasteiger partial charge in [0.2, 0.25) is 0 Å².